The van der Waals surface area contributed by atoms with E-state index in [0.717, 1.165) is 0 Å². The summed E-state index contributed by atoms with van der Waals surface area (Å²) in [5, 5.41) is 9.29. The third-order valence-electron chi connectivity index (χ3n) is 4.49. The number of hydrogen-bond acceptors (Lipinski definition) is 6. The molecular formula is C15H21ClN4O4. The van der Waals surface area contributed by atoms with Crippen molar-refractivity contribution in [3.05, 3.63) is 11.2 Å². The van der Waals surface area contributed by atoms with Crippen LogP contribution in [-0.2, 0) is 4.74 Å². The van der Waals surface area contributed by atoms with Crippen LogP contribution in [-0.4, -0.2) is 71.1 Å². The number of anilines is 1. The maximum atomic E-state index is 10.9. The number of hydrogen-bond donors (Lipinski definition) is 1. The first kappa shape index (κ1) is 17.0. The zero-order valence-corrected chi connectivity index (χ0v) is 14.4. The molecule has 8 nitrogen and oxygen atoms in total. The summed E-state index contributed by atoms with van der Waals surface area (Å²) in [6, 6.07) is 1.75. The van der Waals surface area contributed by atoms with Gasteiger partial charge in [0.05, 0.1) is 19.3 Å². The van der Waals surface area contributed by atoms with E-state index in [0.29, 0.717) is 49.6 Å². The van der Waals surface area contributed by atoms with Crippen LogP contribution in [0.3, 0.4) is 0 Å². The zero-order valence-electron chi connectivity index (χ0n) is 13.7. The first-order chi connectivity index (χ1) is 11.4. The molecule has 0 bridgehead atoms. The minimum atomic E-state index is -0.924. The van der Waals surface area contributed by atoms with Crippen molar-refractivity contribution in [3.63, 3.8) is 0 Å². The molecule has 1 aliphatic carbocycles. The van der Waals surface area contributed by atoms with E-state index in [1.807, 2.05) is 11.8 Å². The van der Waals surface area contributed by atoms with Gasteiger partial charge in [0.1, 0.15) is 11.3 Å². The maximum Gasteiger partial charge on any atom is 0.407 e. The van der Waals surface area contributed by atoms with Gasteiger partial charge in [0.2, 0.25) is 11.8 Å². The second-order valence-corrected chi connectivity index (χ2v) is 6.59. The molecule has 1 saturated carbocycles. The standard InChI is InChI=1S/C15H21ClN4O4/c1-9-8-23-4-3-20(9)14-17-12(16)7-13(18-14)24-11-5-10(6-11)19(2)15(21)22/h7,9-11H,3-6,8H2,1-2H3,(H,21,22)/t9-,10?,11?/m0/s1. The summed E-state index contributed by atoms with van der Waals surface area (Å²) < 4.78 is 11.3. The highest BCUT2D eigenvalue weighted by molar-refractivity contribution is 6.29. The van der Waals surface area contributed by atoms with Crippen molar-refractivity contribution in [3.8, 4) is 5.88 Å². The van der Waals surface area contributed by atoms with Gasteiger partial charge < -0.3 is 24.4 Å². The Hall–Kier alpha value is -1.80. The summed E-state index contributed by atoms with van der Waals surface area (Å²) in [4.78, 5) is 23.0. The Balaban J connectivity index is 1.64. The van der Waals surface area contributed by atoms with Crippen LogP contribution in [0.25, 0.3) is 0 Å². The summed E-state index contributed by atoms with van der Waals surface area (Å²) in [5.41, 5.74) is 0. The molecule has 3 rings (SSSR count). The van der Waals surface area contributed by atoms with Gasteiger partial charge in [-0.2, -0.15) is 4.98 Å². The molecule has 2 aliphatic rings. The van der Waals surface area contributed by atoms with E-state index < -0.39 is 6.09 Å². The molecule has 1 aliphatic heterocycles. The van der Waals surface area contributed by atoms with E-state index in [2.05, 4.69) is 9.97 Å². The molecule has 1 N–H and O–H groups in total. The van der Waals surface area contributed by atoms with E-state index in [9.17, 15) is 4.79 Å². The SMILES string of the molecule is C[C@H]1COCCN1c1nc(Cl)cc(OC2CC(N(C)C(=O)O)C2)n1. The first-order valence-corrected chi connectivity index (χ1v) is 8.33. The van der Waals surface area contributed by atoms with Gasteiger partial charge in [-0.1, -0.05) is 11.6 Å². The van der Waals surface area contributed by atoms with Gasteiger partial charge in [0.25, 0.3) is 0 Å². The Morgan fingerprint density at radius 3 is 2.92 bits per heavy atom. The van der Waals surface area contributed by atoms with E-state index in [4.69, 9.17) is 26.2 Å². The van der Waals surface area contributed by atoms with Crippen molar-refractivity contribution in [1.29, 1.82) is 0 Å². The number of morpholine rings is 1. The summed E-state index contributed by atoms with van der Waals surface area (Å²) >= 11 is 6.11. The van der Waals surface area contributed by atoms with Crippen molar-refractivity contribution < 1.29 is 19.4 Å². The average Bonchev–Trinajstić information content (AvgIpc) is 2.49. The van der Waals surface area contributed by atoms with Gasteiger partial charge in [0.15, 0.2) is 0 Å². The molecule has 1 amide bonds. The molecule has 0 radical (unpaired) electrons. The summed E-state index contributed by atoms with van der Waals surface area (Å²) in [6.07, 6.45) is 0.311. The highest BCUT2D eigenvalue weighted by Gasteiger charge is 2.36. The third kappa shape index (κ3) is 3.64. The van der Waals surface area contributed by atoms with Crippen molar-refractivity contribution >= 4 is 23.6 Å². The molecule has 1 atom stereocenters. The van der Waals surface area contributed by atoms with Gasteiger partial charge in [-0.15, -0.1) is 0 Å². The van der Waals surface area contributed by atoms with Crippen LogP contribution in [0.15, 0.2) is 6.07 Å². The van der Waals surface area contributed by atoms with E-state index in [-0.39, 0.29) is 18.2 Å². The van der Waals surface area contributed by atoms with Crippen LogP contribution >= 0.6 is 11.6 Å². The van der Waals surface area contributed by atoms with Crippen LogP contribution in [0.2, 0.25) is 5.15 Å². The van der Waals surface area contributed by atoms with Crippen molar-refractivity contribution in [2.75, 3.05) is 31.7 Å². The molecule has 1 aromatic heterocycles. The molecule has 2 heterocycles. The third-order valence-corrected chi connectivity index (χ3v) is 4.68. The number of carbonyl (C=O) groups is 1. The Labute approximate surface area is 145 Å². The van der Waals surface area contributed by atoms with Crippen molar-refractivity contribution in [1.82, 2.24) is 14.9 Å². The smallest absolute Gasteiger partial charge is 0.407 e. The van der Waals surface area contributed by atoms with Gasteiger partial charge in [-0.05, 0) is 6.92 Å². The summed E-state index contributed by atoms with van der Waals surface area (Å²) in [7, 11) is 1.57. The predicted octanol–water partition coefficient (Wildman–Crippen LogP) is 1.87. The van der Waals surface area contributed by atoms with Crippen LogP contribution in [0, 0.1) is 0 Å². The minimum Gasteiger partial charge on any atom is -0.474 e. The molecular weight excluding hydrogens is 336 g/mol. The highest BCUT2D eigenvalue weighted by Crippen LogP contribution is 2.30. The lowest BCUT2D eigenvalue weighted by Gasteiger charge is -2.39. The largest absolute Gasteiger partial charge is 0.474 e. The normalized spacial score (nSPS) is 26.6. The molecule has 1 aromatic rings. The van der Waals surface area contributed by atoms with Crippen molar-refractivity contribution in [2.45, 2.75) is 38.0 Å². The quantitative estimate of drug-likeness (QED) is 0.824. The summed E-state index contributed by atoms with van der Waals surface area (Å²) in [6.45, 7) is 4.00. The van der Waals surface area contributed by atoms with E-state index in [1.54, 1.807) is 13.1 Å². The summed E-state index contributed by atoms with van der Waals surface area (Å²) in [5.74, 6) is 0.956. The number of rotatable bonds is 4. The lowest BCUT2D eigenvalue weighted by Crippen LogP contribution is -2.49. The lowest BCUT2D eigenvalue weighted by molar-refractivity contribution is 0.0294. The Bertz CT molecular complexity index is 611. The van der Waals surface area contributed by atoms with Gasteiger partial charge in [-0.3, -0.25) is 0 Å². The number of amides is 1. The number of nitrogens with zero attached hydrogens (tertiary/aromatic N) is 4. The Kier molecular flexibility index (Phi) is 4.96. The topological polar surface area (TPSA) is 88.0 Å². The van der Waals surface area contributed by atoms with E-state index >= 15 is 0 Å². The fourth-order valence-electron chi connectivity index (χ4n) is 2.88. The first-order valence-electron chi connectivity index (χ1n) is 7.95. The van der Waals surface area contributed by atoms with Gasteiger partial charge in [0, 0.05) is 38.5 Å². The van der Waals surface area contributed by atoms with E-state index in [1.165, 1.54) is 4.90 Å². The van der Waals surface area contributed by atoms with Crippen LogP contribution < -0.4 is 9.64 Å². The monoisotopic (exact) mass is 356 g/mol. The number of halogens is 1. The van der Waals surface area contributed by atoms with Crippen LogP contribution in [0.5, 0.6) is 5.88 Å². The molecule has 0 unspecified atom stereocenters. The predicted molar refractivity (Wildman–Crippen MR) is 87.9 cm³/mol. The van der Waals surface area contributed by atoms with Crippen LogP contribution in [0.4, 0.5) is 10.7 Å². The Morgan fingerprint density at radius 2 is 2.25 bits per heavy atom. The maximum absolute atomic E-state index is 10.9. The molecule has 2 fully saturated rings. The Morgan fingerprint density at radius 1 is 1.50 bits per heavy atom. The zero-order chi connectivity index (χ0) is 17.3. The molecule has 24 heavy (non-hydrogen) atoms. The molecule has 0 spiro atoms. The number of ether oxygens (including phenoxy) is 2. The second kappa shape index (κ2) is 6.98. The molecule has 1 saturated heterocycles. The second-order valence-electron chi connectivity index (χ2n) is 6.20. The average molecular weight is 357 g/mol. The molecule has 9 heteroatoms. The highest BCUT2D eigenvalue weighted by atomic mass is 35.5. The van der Waals surface area contributed by atoms with Gasteiger partial charge >= 0.3 is 6.09 Å². The molecule has 132 valence electrons. The van der Waals surface area contributed by atoms with Gasteiger partial charge in [-0.25, -0.2) is 9.78 Å². The number of carboxylic acid groups (broad SMARTS) is 1. The minimum absolute atomic E-state index is 0.0106. The number of aromatic nitrogens is 2. The van der Waals surface area contributed by atoms with Crippen molar-refractivity contribution in [2.24, 2.45) is 0 Å². The molecule has 0 aromatic carbocycles. The lowest BCUT2D eigenvalue weighted by atomic mass is 9.88. The fourth-order valence-corrected chi connectivity index (χ4v) is 3.04. The van der Waals surface area contributed by atoms with Crippen LogP contribution in [0.1, 0.15) is 19.8 Å². The fraction of sp³-hybridized carbons (Fsp3) is 0.667.